The van der Waals surface area contributed by atoms with Gasteiger partial charge in [-0.2, -0.15) is 0 Å². The molecule has 0 aliphatic heterocycles. The summed E-state index contributed by atoms with van der Waals surface area (Å²) >= 11 is 3.33. The van der Waals surface area contributed by atoms with E-state index in [0.29, 0.717) is 0 Å². The molecule has 1 nitrogen and oxygen atoms in total. The van der Waals surface area contributed by atoms with Gasteiger partial charge < -0.3 is 5.32 Å². The van der Waals surface area contributed by atoms with Crippen LogP contribution in [0.3, 0.4) is 0 Å². The molecule has 0 aliphatic rings. The molecule has 0 aliphatic carbocycles. The normalized spacial score (nSPS) is 9.73. The van der Waals surface area contributed by atoms with Crippen LogP contribution in [0.5, 0.6) is 0 Å². The van der Waals surface area contributed by atoms with Gasteiger partial charge in [-0.15, -0.1) is 0 Å². The lowest BCUT2D eigenvalue weighted by Crippen LogP contribution is -1.97. The van der Waals surface area contributed by atoms with Crippen molar-refractivity contribution >= 4 is 21.6 Å². The molecule has 0 atom stereocenters. The van der Waals surface area contributed by atoms with Crippen molar-refractivity contribution in [2.24, 2.45) is 0 Å². The highest BCUT2D eigenvalue weighted by atomic mass is 79.9. The maximum absolute atomic E-state index is 3.33. The second-order valence-electron chi connectivity index (χ2n) is 2.56. The fraction of sp³-hybridized carbons (Fsp3) is 0.333. The number of hydrogen-bond acceptors (Lipinski definition) is 1. The van der Waals surface area contributed by atoms with E-state index in [0.717, 1.165) is 5.45 Å². The van der Waals surface area contributed by atoms with Crippen LogP contribution in [0, 0.1) is 13.8 Å². The van der Waals surface area contributed by atoms with Crippen molar-refractivity contribution in [3.63, 3.8) is 0 Å². The van der Waals surface area contributed by atoms with E-state index >= 15 is 0 Å². The molecular weight excluding hydrogens is 202 g/mol. The highest BCUT2D eigenvalue weighted by Crippen LogP contribution is 2.17. The molecule has 0 aromatic heterocycles. The van der Waals surface area contributed by atoms with Crippen molar-refractivity contribution in [2.45, 2.75) is 13.8 Å². The summed E-state index contributed by atoms with van der Waals surface area (Å²) in [5, 5.41) is 3.23. The van der Waals surface area contributed by atoms with Crippen molar-refractivity contribution in [2.75, 3.05) is 10.8 Å². The topological polar surface area (TPSA) is 12.0 Å². The number of anilines is 1. The average Bonchev–Trinajstić information content (AvgIpc) is 1.99. The van der Waals surface area contributed by atoms with Crippen molar-refractivity contribution in [3.05, 3.63) is 29.3 Å². The molecule has 1 aromatic carbocycles. The second-order valence-corrected chi connectivity index (χ2v) is 3.12. The number of benzene rings is 1. The van der Waals surface area contributed by atoms with Gasteiger partial charge in [0.15, 0.2) is 0 Å². The van der Waals surface area contributed by atoms with Gasteiger partial charge in [-0.25, -0.2) is 0 Å². The van der Waals surface area contributed by atoms with E-state index in [1.54, 1.807) is 0 Å². The minimum absolute atomic E-state index is 0.803. The molecule has 0 amide bonds. The molecule has 1 rings (SSSR count). The Morgan fingerprint density at radius 2 is 2.09 bits per heavy atom. The Bertz CT molecular complexity index is 245. The summed E-state index contributed by atoms with van der Waals surface area (Å²) in [6, 6.07) is 6.27. The van der Waals surface area contributed by atoms with Crippen LogP contribution < -0.4 is 5.32 Å². The first-order valence-electron chi connectivity index (χ1n) is 3.61. The largest absolute Gasteiger partial charge is 0.375 e. The van der Waals surface area contributed by atoms with E-state index in [9.17, 15) is 0 Å². The Morgan fingerprint density at radius 1 is 1.36 bits per heavy atom. The van der Waals surface area contributed by atoms with Gasteiger partial charge in [0, 0.05) is 5.69 Å². The van der Waals surface area contributed by atoms with Crippen LogP contribution in [0.2, 0.25) is 0 Å². The summed E-state index contributed by atoms with van der Waals surface area (Å²) in [6.07, 6.45) is 0. The van der Waals surface area contributed by atoms with Crippen LogP contribution >= 0.6 is 15.9 Å². The number of alkyl halides is 1. The number of aryl methyl sites for hydroxylation is 1. The zero-order chi connectivity index (χ0) is 8.27. The summed E-state index contributed by atoms with van der Waals surface area (Å²) in [5.74, 6) is 0. The van der Waals surface area contributed by atoms with E-state index in [1.165, 1.54) is 16.8 Å². The Labute approximate surface area is 75.9 Å². The van der Waals surface area contributed by atoms with Gasteiger partial charge in [-0.3, -0.25) is 0 Å². The van der Waals surface area contributed by atoms with Gasteiger partial charge in [0.05, 0.1) is 5.45 Å². The van der Waals surface area contributed by atoms with Crippen LogP contribution in [-0.2, 0) is 0 Å². The number of halogens is 1. The molecule has 60 valence electrons. The zero-order valence-corrected chi connectivity index (χ0v) is 8.40. The highest BCUT2D eigenvalue weighted by Gasteiger charge is 1.97. The molecule has 0 heterocycles. The van der Waals surface area contributed by atoms with E-state index in [-0.39, 0.29) is 0 Å². The molecule has 0 saturated heterocycles. The number of rotatable bonds is 2. The first-order chi connectivity index (χ1) is 5.25. The molecule has 0 fully saturated rings. The van der Waals surface area contributed by atoms with E-state index in [1.807, 2.05) is 0 Å². The first-order valence-corrected chi connectivity index (χ1v) is 4.74. The van der Waals surface area contributed by atoms with Gasteiger partial charge >= 0.3 is 0 Å². The Morgan fingerprint density at radius 3 is 2.73 bits per heavy atom. The molecule has 1 N–H and O–H groups in total. The molecular formula is C9H12BrN. The molecule has 0 saturated carbocycles. The van der Waals surface area contributed by atoms with Gasteiger partial charge in [0.1, 0.15) is 0 Å². The summed E-state index contributed by atoms with van der Waals surface area (Å²) in [4.78, 5) is 0. The van der Waals surface area contributed by atoms with Crippen LogP contribution in [0.4, 0.5) is 5.69 Å². The van der Waals surface area contributed by atoms with Crippen molar-refractivity contribution < 1.29 is 0 Å². The molecule has 0 unspecified atom stereocenters. The minimum atomic E-state index is 0.803. The maximum Gasteiger partial charge on any atom is 0.0707 e. The minimum Gasteiger partial charge on any atom is -0.375 e. The van der Waals surface area contributed by atoms with Gasteiger partial charge in [0.2, 0.25) is 0 Å². The standard InChI is InChI=1S/C9H12BrN/c1-7-4-3-5-9(8(7)2)11-6-10/h3-5,11H,6H2,1-2H3. The smallest absolute Gasteiger partial charge is 0.0707 e. The fourth-order valence-corrected chi connectivity index (χ4v) is 1.32. The lowest BCUT2D eigenvalue weighted by Gasteiger charge is -2.07. The SMILES string of the molecule is Cc1cccc(NCBr)c1C. The number of nitrogens with one attached hydrogen (secondary N) is 1. The zero-order valence-electron chi connectivity index (χ0n) is 6.82. The monoisotopic (exact) mass is 213 g/mol. The van der Waals surface area contributed by atoms with E-state index < -0.39 is 0 Å². The highest BCUT2D eigenvalue weighted by molar-refractivity contribution is 9.09. The second kappa shape index (κ2) is 3.77. The lowest BCUT2D eigenvalue weighted by atomic mass is 10.1. The third kappa shape index (κ3) is 1.96. The molecule has 0 spiro atoms. The van der Waals surface area contributed by atoms with Crippen molar-refractivity contribution in [1.82, 2.24) is 0 Å². The van der Waals surface area contributed by atoms with Crippen molar-refractivity contribution in [3.8, 4) is 0 Å². The molecule has 11 heavy (non-hydrogen) atoms. The summed E-state index contributed by atoms with van der Waals surface area (Å²) in [5.41, 5.74) is 4.67. The third-order valence-electron chi connectivity index (χ3n) is 1.86. The molecule has 1 aromatic rings. The Balaban J connectivity index is 2.96. The molecule has 2 heteroatoms. The third-order valence-corrected chi connectivity index (χ3v) is 2.14. The average molecular weight is 214 g/mol. The summed E-state index contributed by atoms with van der Waals surface area (Å²) in [7, 11) is 0. The van der Waals surface area contributed by atoms with Crippen LogP contribution in [-0.4, -0.2) is 5.45 Å². The van der Waals surface area contributed by atoms with Gasteiger partial charge in [-0.1, -0.05) is 28.1 Å². The van der Waals surface area contributed by atoms with E-state index in [2.05, 4.69) is 53.3 Å². The number of hydrogen-bond donors (Lipinski definition) is 1. The molecule has 0 radical (unpaired) electrons. The van der Waals surface area contributed by atoms with Crippen LogP contribution in [0.1, 0.15) is 11.1 Å². The first kappa shape index (κ1) is 8.60. The van der Waals surface area contributed by atoms with Crippen LogP contribution in [0.15, 0.2) is 18.2 Å². The van der Waals surface area contributed by atoms with Gasteiger partial charge in [-0.05, 0) is 31.0 Å². The fourth-order valence-electron chi connectivity index (χ4n) is 1.01. The Hall–Kier alpha value is -0.500. The van der Waals surface area contributed by atoms with Crippen LogP contribution in [0.25, 0.3) is 0 Å². The van der Waals surface area contributed by atoms with Gasteiger partial charge in [0.25, 0.3) is 0 Å². The maximum atomic E-state index is 3.33. The van der Waals surface area contributed by atoms with Crippen molar-refractivity contribution in [1.29, 1.82) is 0 Å². The lowest BCUT2D eigenvalue weighted by molar-refractivity contribution is 1.31. The summed E-state index contributed by atoms with van der Waals surface area (Å²) in [6.45, 7) is 4.25. The van der Waals surface area contributed by atoms with E-state index in [4.69, 9.17) is 0 Å². The predicted molar refractivity (Wildman–Crippen MR) is 53.3 cm³/mol. The Kier molecular flexibility index (Phi) is 2.94. The summed E-state index contributed by atoms with van der Waals surface area (Å²) < 4.78 is 0. The predicted octanol–water partition coefficient (Wildman–Crippen LogP) is 3.07. The molecule has 0 bridgehead atoms. The quantitative estimate of drug-likeness (QED) is 0.589.